The van der Waals surface area contributed by atoms with Crippen LogP contribution in [0, 0.1) is 62.3 Å². The third kappa shape index (κ3) is 9.49. The highest BCUT2D eigenvalue weighted by Gasteiger charge is 2.30. The number of hydrogen-bond acceptors (Lipinski definition) is 7. The normalized spacial score (nSPS) is 13.1. The molecule has 0 atom stereocenters. The van der Waals surface area contributed by atoms with Crippen LogP contribution in [0.25, 0.3) is 33.1 Å². The number of aryl methyl sites for hydroxylation is 11. The first-order chi connectivity index (χ1) is 30.3. The Morgan fingerprint density at radius 1 is 0.477 bits per heavy atom. The highest BCUT2D eigenvalue weighted by molar-refractivity contribution is 7.43. The molecule has 2 aliphatic carbocycles. The topological polar surface area (TPSA) is 135 Å². The number of fused-ring (bicyclic) bond motifs is 5. The van der Waals surface area contributed by atoms with Gasteiger partial charge in [0.15, 0.2) is 0 Å². The van der Waals surface area contributed by atoms with Crippen LogP contribution < -0.4 is 22.8 Å². The van der Waals surface area contributed by atoms with Crippen molar-refractivity contribution in [2.75, 3.05) is 7.11 Å². The molecule has 9 rings (SSSR count). The minimum absolute atomic E-state index is 0. The van der Waals surface area contributed by atoms with Gasteiger partial charge in [-0.3, -0.25) is 0 Å². The lowest BCUT2D eigenvalue weighted by Crippen LogP contribution is -2.08. The van der Waals surface area contributed by atoms with Gasteiger partial charge in [-0.2, -0.15) is 0 Å². The highest BCUT2D eigenvalue weighted by Crippen LogP contribution is 2.54. The Morgan fingerprint density at radius 2 is 0.954 bits per heavy atom. The smallest absolute Gasteiger partial charge is 0.496 e. The number of benzene rings is 6. The van der Waals surface area contributed by atoms with Crippen molar-refractivity contribution in [2.24, 2.45) is 0 Å². The Balaban J connectivity index is 0.00000315. The van der Waals surface area contributed by atoms with Crippen LogP contribution in [0.4, 0.5) is 0 Å². The molecule has 2 aliphatic rings. The average molecular weight is 917 g/mol. The van der Waals surface area contributed by atoms with Crippen LogP contribution in [0.3, 0.4) is 0 Å². The van der Waals surface area contributed by atoms with Gasteiger partial charge in [-0.15, -0.1) is 0 Å². The second-order valence-electron chi connectivity index (χ2n) is 17.8. The first-order valence-corrected chi connectivity index (χ1v) is 24.5. The van der Waals surface area contributed by atoms with Crippen molar-refractivity contribution in [3.8, 4) is 39.9 Å². The van der Waals surface area contributed by atoms with Gasteiger partial charge in [-0.05, 0) is 223 Å². The Labute approximate surface area is 385 Å². The third-order valence-electron chi connectivity index (χ3n) is 12.9. The fourth-order valence-corrected chi connectivity index (χ4v) is 12.0. The van der Waals surface area contributed by atoms with Crippen molar-refractivity contribution in [1.29, 1.82) is 0 Å². The molecule has 4 N–H and O–H groups in total. The summed E-state index contributed by atoms with van der Waals surface area (Å²) in [7, 11) is -2.30. The van der Waals surface area contributed by atoms with E-state index in [0.29, 0.717) is 11.5 Å². The van der Waals surface area contributed by atoms with E-state index in [-0.39, 0.29) is 11.0 Å². The largest absolute Gasteiger partial charge is 0.530 e. The molecule has 0 unspecified atom stereocenters. The van der Waals surface area contributed by atoms with Crippen molar-refractivity contribution in [3.63, 3.8) is 0 Å². The van der Waals surface area contributed by atoms with Crippen LogP contribution in [0.2, 0.25) is 0 Å². The molecule has 65 heavy (non-hydrogen) atoms. The number of rotatable bonds is 10. The summed E-state index contributed by atoms with van der Waals surface area (Å²) in [4.78, 5) is 0. The molecular formula is C54H62O9P2. The van der Waals surface area contributed by atoms with Gasteiger partial charge in [-0.1, -0.05) is 30.3 Å². The van der Waals surface area contributed by atoms with Gasteiger partial charge in [0.25, 0.3) is 0 Å². The monoisotopic (exact) mass is 916 g/mol. The first kappa shape index (κ1) is 47.5. The molecule has 0 fully saturated rings. The Bertz CT molecular complexity index is 2840. The minimum Gasteiger partial charge on any atom is -0.496 e. The standard InChI is InChI=1S/C54H58O7P2.2H2O/c1-31-23-34(4)51-46(25-31)47-26-32(2)24-35(5)52(47)59-63(58-51)61-53-36(6)27-33(3)38(8)49(53)50-39(9)48(55-10)28-37(7)54(50)60-62(56-44-21-19-40-15-11-13-17-42(40)29-44)57-45-22-20-41-16-12-14-18-43(41)30-45;;/h19-30H,11-18H2,1-10H3;2*1H2. The zero-order chi connectivity index (χ0) is 44.1. The maximum Gasteiger partial charge on any atom is 0.530 e. The van der Waals surface area contributed by atoms with Crippen LogP contribution in [-0.2, 0) is 25.7 Å². The van der Waals surface area contributed by atoms with E-state index in [1.165, 1.54) is 47.9 Å². The summed E-state index contributed by atoms with van der Waals surface area (Å²) in [6, 6.07) is 25.7. The lowest BCUT2D eigenvalue weighted by Gasteiger charge is -2.26. The van der Waals surface area contributed by atoms with Crippen molar-refractivity contribution in [2.45, 2.75) is 114 Å². The summed E-state index contributed by atoms with van der Waals surface area (Å²) in [6.45, 7) is 18.9. The Hall–Kier alpha value is -5.43. The maximum atomic E-state index is 7.21. The van der Waals surface area contributed by atoms with E-state index in [0.717, 1.165) is 126 Å². The van der Waals surface area contributed by atoms with Gasteiger partial charge in [0.1, 0.15) is 39.9 Å². The summed E-state index contributed by atoms with van der Waals surface area (Å²) in [5.74, 6) is 3.50. The quantitative estimate of drug-likeness (QED) is 0.125. The predicted octanol–water partition coefficient (Wildman–Crippen LogP) is 14.5. The molecule has 0 amide bonds. The van der Waals surface area contributed by atoms with Gasteiger partial charge in [0, 0.05) is 27.5 Å². The predicted molar refractivity (Wildman–Crippen MR) is 266 cm³/mol. The maximum absolute atomic E-state index is 7.21. The lowest BCUT2D eigenvalue weighted by molar-refractivity contribution is 0.384. The Kier molecular flexibility index (Phi) is 14.3. The molecule has 0 saturated carbocycles. The van der Waals surface area contributed by atoms with E-state index >= 15 is 0 Å². The van der Waals surface area contributed by atoms with E-state index in [1.54, 1.807) is 7.11 Å². The minimum atomic E-state index is -2.02. The van der Waals surface area contributed by atoms with Crippen LogP contribution in [0.1, 0.15) is 98.0 Å². The fraction of sp³-hybridized carbons (Fsp3) is 0.333. The average Bonchev–Trinajstić information content (AvgIpc) is 3.41. The fourth-order valence-electron chi connectivity index (χ4n) is 9.64. The van der Waals surface area contributed by atoms with E-state index in [2.05, 4.69) is 129 Å². The molecule has 9 nitrogen and oxygen atoms in total. The molecule has 7 aromatic rings. The SMILES string of the molecule is COc1cc(C)c(OP(Oc2ccc3c(c2)CCCC3)Oc2ccc3c(c2)CCCC3)c(-c2c(C)c(C)cc(C)c2Op2oc3c(C)cc(C)cc3c3cc(C)cc(C)c3o2)c1C.O.O. The van der Waals surface area contributed by atoms with Crippen molar-refractivity contribution in [3.05, 3.63) is 145 Å². The molecule has 0 aliphatic heterocycles. The van der Waals surface area contributed by atoms with Crippen LogP contribution in [0.5, 0.6) is 28.7 Å². The second-order valence-corrected chi connectivity index (χ2v) is 19.7. The van der Waals surface area contributed by atoms with E-state index < -0.39 is 16.8 Å². The molecule has 0 saturated heterocycles. The second kappa shape index (κ2) is 19.6. The van der Waals surface area contributed by atoms with Gasteiger partial charge in [0.05, 0.1) is 7.11 Å². The van der Waals surface area contributed by atoms with Gasteiger partial charge >= 0.3 is 16.8 Å². The van der Waals surface area contributed by atoms with Crippen LogP contribution in [0.15, 0.2) is 81.2 Å². The summed E-state index contributed by atoms with van der Waals surface area (Å²) in [6.07, 6.45) is 9.05. The molecule has 6 aromatic carbocycles. The molecule has 0 spiro atoms. The molecular weight excluding hydrogens is 855 g/mol. The Morgan fingerprint density at radius 3 is 1.46 bits per heavy atom. The van der Waals surface area contributed by atoms with Crippen molar-refractivity contribution in [1.82, 2.24) is 0 Å². The number of methoxy groups -OCH3 is 1. The molecule has 1 aromatic heterocycles. The molecule has 0 radical (unpaired) electrons. The van der Waals surface area contributed by atoms with E-state index in [9.17, 15) is 0 Å². The first-order valence-electron chi connectivity index (χ1n) is 22.3. The summed E-state index contributed by atoms with van der Waals surface area (Å²) in [5, 5.41) is 2.00. The zero-order valence-electron chi connectivity index (χ0n) is 39.3. The summed E-state index contributed by atoms with van der Waals surface area (Å²) in [5.41, 5.74) is 17.9. The third-order valence-corrected chi connectivity index (χ3v) is 15.0. The van der Waals surface area contributed by atoms with Gasteiger partial charge in [0.2, 0.25) is 0 Å². The summed E-state index contributed by atoms with van der Waals surface area (Å²) < 4.78 is 47.9. The van der Waals surface area contributed by atoms with Crippen molar-refractivity contribution >= 4 is 38.8 Å². The number of hydrogen-bond donors (Lipinski definition) is 0. The summed E-state index contributed by atoms with van der Waals surface area (Å²) >= 11 is 0. The van der Waals surface area contributed by atoms with E-state index in [4.69, 9.17) is 31.2 Å². The van der Waals surface area contributed by atoms with Gasteiger partial charge in [-0.25, -0.2) is 0 Å². The lowest BCUT2D eigenvalue weighted by atomic mass is 9.89. The number of ether oxygens (including phenoxy) is 1. The van der Waals surface area contributed by atoms with E-state index in [1.807, 2.05) is 6.07 Å². The molecule has 11 heteroatoms. The zero-order valence-corrected chi connectivity index (χ0v) is 41.1. The molecule has 342 valence electrons. The van der Waals surface area contributed by atoms with Gasteiger partial charge < -0.3 is 42.2 Å². The van der Waals surface area contributed by atoms with Crippen molar-refractivity contribution < 1.29 is 42.2 Å². The molecule has 0 bridgehead atoms. The van der Waals surface area contributed by atoms with Crippen LogP contribution >= 0.6 is 16.8 Å². The van der Waals surface area contributed by atoms with Crippen LogP contribution in [-0.4, -0.2) is 18.1 Å². The molecule has 1 heterocycles. The highest BCUT2D eigenvalue weighted by atomic mass is 31.2.